The Balaban J connectivity index is 2.12. The number of methoxy groups -OCH3 is 1. The first-order chi connectivity index (χ1) is 11.8. The minimum atomic E-state index is -1.22. The van der Waals surface area contributed by atoms with E-state index < -0.39 is 29.7 Å². The van der Waals surface area contributed by atoms with Crippen molar-refractivity contribution in [3.63, 3.8) is 0 Å². The first-order valence-electron chi connectivity index (χ1n) is 7.31. The number of aryl methyl sites for hydroxylation is 1. The number of ether oxygens (including phenoxy) is 1. The van der Waals surface area contributed by atoms with Gasteiger partial charge in [0, 0.05) is 11.9 Å². The molecule has 2 aliphatic heterocycles. The molecule has 3 rings (SSSR count). The van der Waals surface area contributed by atoms with Crippen LogP contribution in [0, 0.1) is 6.92 Å². The molecular formula is C16H14ClN3O5. The minimum Gasteiger partial charge on any atom is -0.464 e. The maximum absolute atomic E-state index is 12.8. The minimum absolute atomic E-state index is 0.122. The van der Waals surface area contributed by atoms with Crippen LogP contribution in [0.25, 0.3) is 0 Å². The quantitative estimate of drug-likeness (QED) is 0.613. The Morgan fingerprint density at radius 1 is 1.28 bits per heavy atom. The van der Waals surface area contributed by atoms with Crippen LogP contribution in [0.4, 0.5) is 5.69 Å². The van der Waals surface area contributed by atoms with Crippen LogP contribution in [0.3, 0.4) is 0 Å². The maximum atomic E-state index is 12.8. The van der Waals surface area contributed by atoms with E-state index in [1.807, 2.05) is 0 Å². The summed E-state index contributed by atoms with van der Waals surface area (Å²) in [6, 6.07) is 3.50. The molecule has 0 spiro atoms. The number of anilines is 1. The second-order valence-electron chi connectivity index (χ2n) is 5.60. The standard InChI is InChI=1S/C16H14ClN3O5/c1-7-4-5-9(6-10(7)17)19-14(22)11-12(16(24)25-3)18-20(8(2)21)13(11)15(19)23/h4-6,13,18H,1-3H3. The van der Waals surface area contributed by atoms with Gasteiger partial charge in [-0.25, -0.2) is 14.7 Å². The fraction of sp³-hybridized carbons (Fsp3) is 0.250. The monoisotopic (exact) mass is 363 g/mol. The molecule has 0 aromatic heterocycles. The van der Waals surface area contributed by atoms with Gasteiger partial charge < -0.3 is 4.74 Å². The van der Waals surface area contributed by atoms with E-state index in [1.54, 1.807) is 19.1 Å². The summed E-state index contributed by atoms with van der Waals surface area (Å²) in [7, 11) is 1.14. The fourth-order valence-corrected chi connectivity index (χ4v) is 2.97. The molecular weight excluding hydrogens is 350 g/mol. The molecule has 0 radical (unpaired) electrons. The molecule has 9 heteroatoms. The van der Waals surface area contributed by atoms with Gasteiger partial charge in [-0.3, -0.25) is 19.8 Å². The Labute approximate surface area is 147 Å². The van der Waals surface area contributed by atoms with E-state index in [0.717, 1.165) is 22.6 Å². The molecule has 0 aliphatic carbocycles. The van der Waals surface area contributed by atoms with Crippen LogP contribution in [0.2, 0.25) is 5.02 Å². The van der Waals surface area contributed by atoms with Crippen molar-refractivity contribution in [2.45, 2.75) is 19.9 Å². The molecule has 1 atom stereocenters. The van der Waals surface area contributed by atoms with E-state index >= 15 is 0 Å². The maximum Gasteiger partial charge on any atom is 0.356 e. The summed E-state index contributed by atoms with van der Waals surface area (Å²) in [5, 5.41) is 1.33. The average Bonchev–Trinajstić information content (AvgIpc) is 3.08. The van der Waals surface area contributed by atoms with Crippen LogP contribution in [0.15, 0.2) is 29.5 Å². The lowest BCUT2D eigenvalue weighted by Gasteiger charge is -2.23. The van der Waals surface area contributed by atoms with Crippen molar-refractivity contribution in [3.05, 3.63) is 40.1 Å². The van der Waals surface area contributed by atoms with E-state index in [4.69, 9.17) is 11.6 Å². The fourth-order valence-electron chi connectivity index (χ4n) is 2.80. The summed E-state index contributed by atoms with van der Waals surface area (Å²) in [4.78, 5) is 50.3. The van der Waals surface area contributed by atoms with Gasteiger partial charge in [-0.1, -0.05) is 17.7 Å². The van der Waals surface area contributed by atoms with Gasteiger partial charge in [-0.15, -0.1) is 0 Å². The molecule has 1 aromatic carbocycles. The van der Waals surface area contributed by atoms with Gasteiger partial charge in [0.1, 0.15) is 0 Å². The lowest BCUT2D eigenvalue weighted by atomic mass is 10.1. The topological polar surface area (TPSA) is 96.0 Å². The highest BCUT2D eigenvalue weighted by Crippen LogP contribution is 2.35. The van der Waals surface area contributed by atoms with Gasteiger partial charge in [0.2, 0.25) is 5.91 Å². The number of imide groups is 1. The van der Waals surface area contributed by atoms with E-state index in [1.165, 1.54) is 13.0 Å². The number of rotatable bonds is 2. The van der Waals surface area contributed by atoms with Crippen molar-refractivity contribution >= 4 is 41.0 Å². The first kappa shape index (κ1) is 17.0. The highest BCUT2D eigenvalue weighted by Gasteiger charge is 2.55. The van der Waals surface area contributed by atoms with Crippen LogP contribution < -0.4 is 10.3 Å². The number of carbonyl (C=O) groups excluding carboxylic acids is 4. The van der Waals surface area contributed by atoms with Crippen molar-refractivity contribution in [1.82, 2.24) is 10.4 Å². The molecule has 1 fully saturated rings. The predicted molar refractivity (Wildman–Crippen MR) is 87.2 cm³/mol. The summed E-state index contributed by atoms with van der Waals surface area (Å²) in [6.45, 7) is 3.00. The Bertz CT molecular complexity index is 863. The summed E-state index contributed by atoms with van der Waals surface area (Å²) in [5.41, 5.74) is 3.20. The van der Waals surface area contributed by atoms with E-state index in [0.29, 0.717) is 5.02 Å². The summed E-state index contributed by atoms with van der Waals surface area (Å²) >= 11 is 6.08. The van der Waals surface area contributed by atoms with E-state index in [9.17, 15) is 19.2 Å². The number of amides is 3. The third kappa shape index (κ3) is 2.45. The number of hydrogen-bond acceptors (Lipinski definition) is 6. The first-order valence-corrected chi connectivity index (χ1v) is 7.69. The van der Waals surface area contributed by atoms with Crippen molar-refractivity contribution in [2.75, 3.05) is 12.0 Å². The third-order valence-corrected chi connectivity index (χ3v) is 4.47. The van der Waals surface area contributed by atoms with Gasteiger partial charge in [0.15, 0.2) is 11.7 Å². The number of hydrazine groups is 1. The highest BCUT2D eigenvalue weighted by molar-refractivity contribution is 6.35. The summed E-state index contributed by atoms with van der Waals surface area (Å²) < 4.78 is 4.63. The molecule has 1 N–H and O–H groups in total. The molecule has 8 nitrogen and oxygen atoms in total. The highest BCUT2D eigenvalue weighted by atomic mass is 35.5. The number of hydrogen-bond donors (Lipinski definition) is 1. The molecule has 1 saturated heterocycles. The molecule has 0 bridgehead atoms. The zero-order valence-corrected chi connectivity index (χ0v) is 14.4. The third-order valence-electron chi connectivity index (χ3n) is 4.06. The number of esters is 1. The predicted octanol–water partition coefficient (Wildman–Crippen LogP) is 0.684. The Kier molecular flexibility index (Phi) is 4.00. The Morgan fingerprint density at radius 3 is 2.52 bits per heavy atom. The zero-order chi connectivity index (χ0) is 18.5. The van der Waals surface area contributed by atoms with Crippen LogP contribution in [0.1, 0.15) is 12.5 Å². The van der Waals surface area contributed by atoms with E-state index in [-0.39, 0.29) is 17.0 Å². The zero-order valence-electron chi connectivity index (χ0n) is 13.6. The molecule has 1 aromatic rings. The second-order valence-corrected chi connectivity index (χ2v) is 6.00. The van der Waals surface area contributed by atoms with Crippen molar-refractivity contribution in [3.8, 4) is 0 Å². The molecule has 3 amide bonds. The van der Waals surface area contributed by atoms with Crippen molar-refractivity contribution in [1.29, 1.82) is 0 Å². The lowest BCUT2D eigenvalue weighted by molar-refractivity contribution is -0.140. The molecule has 130 valence electrons. The van der Waals surface area contributed by atoms with Crippen molar-refractivity contribution in [2.24, 2.45) is 0 Å². The number of benzene rings is 1. The Hall–Kier alpha value is -2.87. The molecule has 2 heterocycles. The largest absolute Gasteiger partial charge is 0.464 e. The number of halogens is 1. The number of fused-ring (bicyclic) bond motifs is 1. The van der Waals surface area contributed by atoms with Crippen LogP contribution in [-0.2, 0) is 23.9 Å². The number of nitrogens with one attached hydrogen (secondary N) is 1. The smallest absolute Gasteiger partial charge is 0.356 e. The lowest BCUT2D eigenvalue weighted by Crippen LogP contribution is -2.48. The van der Waals surface area contributed by atoms with E-state index in [2.05, 4.69) is 10.2 Å². The van der Waals surface area contributed by atoms with Gasteiger partial charge in [0.05, 0.1) is 18.4 Å². The summed E-state index contributed by atoms with van der Waals surface area (Å²) in [6.07, 6.45) is 0. The van der Waals surface area contributed by atoms with Crippen LogP contribution in [0.5, 0.6) is 0 Å². The Morgan fingerprint density at radius 2 is 1.96 bits per heavy atom. The number of carbonyl (C=O) groups is 4. The van der Waals surface area contributed by atoms with Crippen LogP contribution in [-0.4, -0.2) is 41.9 Å². The normalized spacial score (nSPS) is 19.3. The molecule has 0 saturated carbocycles. The van der Waals surface area contributed by atoms with Gasteiger partial charge >= 0.3 is 5.97 Å². The SMILES string of the molecule is COC(=O)C1=C2C(=O)N(c3ccc(C)c(Cl)c3)C(=O)C2N(C(C)=O)N1. The summed E-state index contributed by atoms with van der Waals surface area (Å²) in [5.74, 6) is -2.71. The van der Waals surface area contributed by atoms with Gasteiger partial charge in [0.25, 0.3) is 11.8 Å². The van der Waals surface area contributed by atoms with Crippen LogP contribution >= 0.6 is 11.6 Å². The average molecular weight is 364 g/mol. The van der Waals surface area contributed by atoms with Crippen molar-refractivity contribution < 1.29 is 23.9 Å². The second kappa shape index (κ2) is 5.89. The molecule has 25 heavy (non-hydrogen) atoms. The number of nitrogens with zero attached hydrogens (tertiary/aromatic N) is 2. The van der Waals surface area contributed by atoms with Gasteiger partial charge in [-0.2, -0.15) is 0 Å². The van der Waals surface area contributed by atoms with Gasteiger partial charge in [-0.05, 0) is 24.6 Å². The molecule has 2 aliphatic rings. The molecule has 1 unspecified atom stereocenters.